The Morgan fingerprint density at radius 3 is 2.68 bits per heavy atom. The fraction of sp³-hybridized carbons (Fsp3) is 0.0625. The highest BCUT2D eigenvalue weighted by Gasteiger charge is 2.09. The topological polar surface area (TPSA) is 37.3 Å². The van der Waals surface area contributed by atoms with Crippen LogP contribution in [-0.2, 0) is 0 Å². The fourth-order valence-electron chi connectivity index (χ4n) is 2.28. The van der Waals surface area contributed by atoms with Crippen molar-refractivity contribution in [1.29, 1.82) is 0 Å². The first kappa shape index (κ1) is 11.9. The third-order valence-electron chi connectivity index (χ3n) is 3.28. The summed E-state index contributed by atoms with van der Waals surface area (Å²) in [4.78, 5) is 12.3. The van der Waals surface area contributed by atoms with Crippen molar-refractivity contribution in [3.05, 3.63) is 52.9 Å². The highest BCUT2D eigenvalue weighted by atomic mass is 32.1. The van der Waals surface area contributed by atoms with Gasteiger partial charge in [0.05, 0.1) is 5.56 Å². The molecular formula is C16H12O2S. The number of phenols is 1. The summed E-state index contributed by atoms with van der Waals surface area (Å²) < 4.78 is 0. The lowest BCUT2D eigenvalue weighted by atomic mass is 10.0. The van der Waals surface area contributed by atoms with E-state index < -0.39 is 0 Å². The molecule has 19 heavy (non-hydrogen) atoms. The quantitative estimate of drug-likeness (QED) is 0.700. The molecule has 2 aromatic carbocycles. The summed E-state index contributed by atoms with van der Waals surface area (Å²) in [5, 5.41) is 13.5. The van der Waals surface area contributed by atoms with Crippen LogP contribution in [0.4, 0.5) is 0 Å². The number of carbonyl (C=O) groups is 1. The number of aryl methyl sites for hydroxylation is 1. The number of phenolic OH excluding ortho intramolecular Hbond substituents is 1. The summed E-state index contributed by atoms with van der Waals surface area (Å²) in [5.41, 5.74) is 2.74. The largest absolute Gasteiger partial charge is 0.507 e. The van der Waals surface area contributed by atoms with Crippen molar-refractivity contribution in [3.8, 4) is 16.2 Å². The lowest BCUT2D eigenvalue weighted by Crippen LogP contribution is -1.86. The van der Waals surface area contributed by atoms with E-state index in [9.17, 15) is 9.90 Å². The van der Waals surface area contributed by atoms with Gasteiger partial charge in [0.1, 0.15) is 5.75 Å². The molecule has 0 aliphatic carbocycles. The van der Waals surface area contributed by atoms with E-state index in [0.29, 0.717) is 11.8 Å². The van der Waals surface area contributed by atoms with Crippen LogP contribution in [0.2, 0.25) is 0 Å². The van der Waals surface area contributed by atoms with E-state index >= 15 is 0 Å². The number of aldehydes is 1. The van der Waals surface area contributed by atoms with E-state index in [4.69, 9.17) is 0 Å². The molecule has 0 atom stereocenters. The molecular weight excluding hydrogens is 256 g/mol. The van der Waals surface area contributed by atoms with Gasteiger partial charge in [-0.2, -0.15) is 0 Å². The average Bonchev–Trinajstić information content (AvgIpc) is 2.84. The molecule has 0 fully saturated rings. The zero-order chi connectivity index (χ0) is 13.4. The molecule has 3 aromatic rings. The second kappa shape index (κ2) is 4.52. The average molecular weight is 268 g/mol. The van der Waals surface area contributed by atoms with Gasteiger partial charge in [0, 0.05) is 4.88 Å². The van der Waals surface area contributed by atoms with E-state index in [0.717, 1.165) is 16.3 Å². The second-order valence-corrected chi connectivity index (χ2v) is 5.40. The summed E-state index contributed by atoms with van der Waals surface area (Å²) in [6, 6.07) is 11.4. The first-order valence-electron chi connectivity index (χ1n) is 5.96. The molecule has 1 aromatic heterocycles. The molecule has 1 N–H and O–H groups in total. The van der Waals surface area contributed by atoms with Crippen molar-refractivity contribution in [1.82, 2.24) is 0 Å². The number of carbonyl (C=O) groups excluding carboxylic acids is 1. The molecule has 1 heterocycles. The second-order valence-electron chi connectivity index (χ2n) is 4.48. The van der Waals surface area contributed by atoms with Crippen LogP contribution < -0.4 is 0 Å². The highest BCUT2D eigenvalue weighted by Crippen LogP contribution is 2.33. The minimum atomic E-state index is 0.0301. The molecule has 0 spiro atoms. The maximum absolute atomic E-state index is 11.1. The Morgan fingerprint density at radius 1 is 1.16 bits per heavy atom. The number of rotatable bonds is 2. The zero-order valence-electron chi connectivity index (χ0n) is 10.4. The standard InChI is InChI=1S/C16H12O2S/c1-10-6-7-19-16(10)12-2-4-13-11(8-12)3-5-15(18)14(13)9-17/h2-9,18H,1H3. The molecule has 0 radical (unpaired) electrons. The van der Waals surface area contributed by atoms with E-state index in [-0.39, 0.29) is 5.75 Å². The maximum Gasteiger partial charge on any atom is 0.154 e. The molecule has 94 valence electrons. The van der Waals surface area contributed by atoms with Gasteiger partial charge >= 0.3 is 0 Å². The molecule has 3 heteroatoms. The van der Waals surface area contributed by atoms with Crippen LogP contribution in [0.5, 0.6) is 5.75 Å². The summed E-state index contributed by atoms with van der Waals surface area (Å²) in [7, 11) is 0. The van der Waals surface area contributed by atoms with Crippen LogP contribution in [0.3, 0.4) is 0 Å². The van der Waals surface area contributed by atoms with Crippen molar-refractivity contribution < 1.29 is 9.90 Å². The minimum Gasteiger partial charge on any atom is -0.507 e. The van der Waals surface area contributed by atoms with Crippen LogP contribution in [0.25, 0.3) is 21.2 Å². The van der Waals surface area contributed by atoms with Gasteiger partial charge in [-0.3, -0.25) is 4.79 Å². The smallest absolute Gasteiger partial charge is 0.154 e. The molecule has 0 saturated carbocycles. The molecule has 3 rings (SSSR count). The third kappa shape index (κ3) is 1.92. The number of thiophene rings is 1. The zero-order valence-corrected chi connectivity index (χ0v) is 11.2. The first-order chi connectivity index (χ1) is 9.20. The van der Waals surface area contributed by atoms with E-state index in [1.165, 1.54) is 10.4 Å². The summed E-state index contributed by atoms with van der Waals surface area (Å²) in [6.45, 7) is 2.09. The number of hydrogen-bond donors (Lipinski definition) is 1. The van der Waals surface area contributed by atoms with Crippen LogP contribution >= 0.6 is 11.3 Å². The molecule has 2 nitrogen and oxygen atoms in total. The Kier molecular flexibility index (Phi) is 2.84. The van der Waals surface area contributed by atoms with Gasteiger partial charge in [0.2, 0.25) is 0 Å². The lowest BCUT2D eigenvalue weighted by Gasteiger charge is -2.06. The predicted octanol–water partition coefficient (Wildman–Crippen LogP) is 4.39. The Morgan fingerprint density at radius 2 is 2.00 bits per heavy atom. The molecule has 0 aliphatic rings. The van der Waals surface area contributed by atoms with Crippen molar-refractivity contribution in [3.63, 3.8) is 0 Å². The van der Waals surface area contributed by atoms with E-state index in [1.807, 2.05) is 18.2 Å². The van der Waals surface area contributed by atoms with Crippen molar-refractivity contribution in [2.24, 2.45) is 0 Å². The minimum absolute atomic E-state index is 0.0301. The lowest BCUT2D eigenvalue weighted by molar-refractivity contribution is 0.112. The van der Waals surface area contributed by atoms with Crippen molar-refractivity contribution >= 4 is 28.4 Å². The Balaban J connectivity index is 2.26. The third-order valence-corrected chi connectivity index (χ3v) is 4.35. The normalized spacial score (nSPS) is 10.8. The van der Waals surface area contributed by atoms with Crippen LogP contribution in [0.1, 0.15) is 15.9 Å². The molecule has 0 bridgehead atoms. The van der Waals surface area contributed by atoms with Crippen molar-refractivity contribution in [2.75, 3.05) is 0 Å². The van der Waals surface area contributed by atoms with Gasteiger partial charge in [-0.15, -0.1) is 11.3 Å². The number of benzene rings is 2. The van der Waals surface area contributed by atoms with Crippen molar-refractivity contribution in [2.45, 2.75) is 6.92 Å². The monoisotopic (exact) mass is 268 g/mol. The van der Waals surface area contributed by atoms with Gasteiger partial charge in [0.15, 0.2) is 6.29 Å². The van der Waals surface area contributed by atoms with Gasteiger partial charge in [-0.05, 0) is 52.4 Å². The number of hydrogen-bond acceptors (Lipinski definition) is 3. The van der Waals surface area contributed by atoms with E-state index in [2.05, 4.69) is 24.4 Å². The Bertz CT molecular complexity index is 772. The van der Waals surface area contributed by atoms with Crippen LogP contribution in [-0.4, -0.2) is 11.4 Å². The first-order valence-corrected chi connectivity index (χ1v) is 6.84. The summed E-state index contributed by atoms with van der Waals surface area (Å²) in [6.07, 6.45) is 0.702. The number of aromatic hydroxyl groups is 1. The molecule has 0 amide bonds. The van der Waals surface area contributed by atoms with Crippen LogP contribution in [0.15, 0.2) is 41.8 Å². The van der Waals surface area contributed by atoms with Gasteiger partial charge in [0.25, 0.3) is 0 Å². The fourth-order valence-corrected chi connectivity index (χ4v) is 3.20. The van der Waals surface area contributed by atoms with Gasteiger partial charge in [-0.25, -0.2) is 0 Å². The molecule has 0 aliphatic heterocycles. The molecule has 0 saturated heterocycles. The SMILES string of the molecule is Cc1ccsc1-c1ccc2c(C=O)c(O)ccc2c1. The van der Waals surface area contributed by atoms with Gasteiger partial charge in [-0.1, -0.05) is 18.2 Å². The Labute approximate surface area is 114 Å². The molecule has 0 unspecified atom stereocenters. The Hall–Kier alpha value is -2.13. The van der Waals surface area contributed by atoms with Crippen LogP contribution in [0, 0.1) is 6.92 Å². The highest BCUT2D eigenvalue weighted by molar-refractivity contribution is 7.13. The summed E-state index contributed by atoms with van der Waals surface area (Å²) >= 11 is 1.71. The predicted molar refractivity (Wildman–Crippen MR) is 79.1 cm³/mol. The maximum atomic E-state index is 11.1. The van der Waals surface area contributed by atoms with E-state index in [1.54, 1.807) is 17.4 Å². The summed E-state index contributed by atoms with van der Waals surface area (Å²) in [5.74, 6) is 0.0301. The number of fused-ring (bicyclic) bond motifs is 1. The van der Waals surface area contributed by atoms with Gasteiger partial charge < -0.3 is 5.11 Å².